The lowest BCUT2D eigenvalue weighted by Gasteiger charge is -2.14. The molecular formula is C13H22N2O2. The average molecular weight is 238 g/mol. The van der Waals surface area contributed by atoms with Crippen LogP contribution in [0.5, 0.6) is 5.75 Å². The summed E-state index contributed by atoms with van der Waals surface area (Å²) in [5.74, 6) is 0.702. The molecule has 0 aliphatic carbocycles. The molecule has 1 rings (SSSR count). The van der Waals surface area contributed by atoms with E-state index in [0.29, 0.717) is 24.6 Å². The number of nitrogens with two attached hydrogens (primary N) is 1. The van der Waals surface area contributed by atoms with Gasteiger partial charge in [-0.15, -0.1) is 0 Å². The minimum Gasteiger partial charge on any atom is -0.492 e. The Morgan fingerprint density at radius 2 is 2.18 bits per heavy atom. The molecule has 96 valence electrons. The van der Waals surface area contributed by atoms with Crippen LogP contribution in [-0.2, 0) is 0 Å². The van der Waals surface area contributed by atoms with Gasteiger partial charge in [0.2, 0.25) is 0 Å². The number of aliphatic hydroxyl groups is 1. The van der Waals surface area contributed by atoms with E-state index in [1.807, 2.05) is 32.0 Å². The minimum absolute atomic E-state index is 0.251. The second-order valence-electron chi connectivity index (χ2n) is 3.93. The van der Waals surface area contributed by atoms with Crippen LogP contribution in [0.2, 0.25) is 0 Å². The molecule has 0 aliphatic rings. The molecule has 0 bridgehead atoms. The Hall–Kier alpha value is -1.42. The van der Waals surface area contributed by atoms with E-state index in [2.05, 4.69) is 5.32 Å². The first-order chi connectivity index (χ1) is 8.19. The van der Waals surface area contributed by atoms with Gasteiger partial charge in [0.25, 0.3) is 0 Å². The highest BCUT2D eigenvalue weighted by atomic mass is 16.5. The van der Waals surface area contributed by atoms with Crippen molar-refractivity contribution in [3.05, 3.63) is 18.2 Å². The number of anilines is 2. The SMILES string of the molecule is CCOc1cccc(NCCC(O)CC)c1N. The molecule has 4 nitrogen and oxygen atoms in total. The summed E-state index contributed by atoms with van der Waals surface area (Å²) in [5, 5.41) is 12.7. The molecule has 4 N–H and O–H groups in total. The van der Waals surface area contributed by atoms with Gasteiger partial charge in [-0.2, -0.15) is 0 Å². The van der Waals surface area contributed by atoms with E-state index >= 15 is 0 Å². The third-order valence-corrected chi connectivity index (χ3v) is 2.63. The van der Waals surface area contributed by atoms with Crippen LogP contribution in [0.15, 0.2) is 18.2 Å². The smallest absolute Gasteiger partial charge is 0.144 e. The Bertz CT molecular complexity index is 342. The van der Waals surface area contributed by atoms with E-state index in [0.717, 1.165) is 18.5 Å². The third-order valence-electron chi connectivity index (χ3n) is 2.63. The molecule has 0 aromatic heterocycles. The average Bonchev–Trinajstić information content (AvgIpc) is 2.33. The lowest BCUT2D eigenvalue weighted by Crippen LogP contribution is -2.13. The normalized spacial score (nSPS) is 12.2. The van der Waals surface area contributed by atoms with Crippen LogP contribution in [0.25, 0.3) is 0 Å². The van der Waals surface area contributed by atoms with Gasteiger partial charge in [-0.1, -0.05) is 13.0 Å². The Morgan fingerprint density at radius 1 is 1.41 bits per heavy atom. The highest BCUT2D eigenvalue weighted by molar-refractivity contribution is 5.72. The van der Waals surface area contributed by atoms with Crippen LogP contribution in [-0.4, -0.2) is 24.4 Å². The fourth-order valence-electron chi connectivity index (χ4n) is 1.56. The number of hydrogen-bond acceptors (Lipinski definition) is 4. The minimum atomic E-state index is -0.251. The molecule has 4 heteroatoms. The Balaban J connectivity index is 2.56. The molecule has 0 aliphatic heterocycles. The van der Waals surface area contributed by atoms with Crippen molar-refractivity contribution >= 4 is 11.4 Å². The lowest BCUT2D eigenvalue weighted by atomic mass is 10.2. The maximum Gasteiger partial charge on any atom is 0.144 e. The number of hydrogen-bond donors (Lipinski definition) is 3. The van der Waals surface area contributed by atoms with Crippen molar-refractivity contribution in [2.45, 2.75) is 32.8 Å². The number of rotatable bonds is 7. The van der Waals surface area contributed by atoms with E-state index in [4.69, 9.17) is 10.5 Å². The van der Waals surface area contributed by atoms with Gasteiger partial charge in [0.1, 0.15) is 5.75 Å². The highest BCUT2D eigenvalue weighted by Gasteiger charge is 2.06. The predicted molar refractivity (Wildman–Crippen MR) is 71.4 cm³/mol. The second kappa shape index (κ2) is 7.01. The maximum absolute atomic E-state index is 9.45. The highest BCUT2D eigenvalue weighted by Crippen LogP contribution is 2.29. The molecule has 0 spiro atoms. The summed E-state index contributed by atoms with van der Waals surface area (Å²) in [5.41, 5.74) is 7.45. The van der Waals surface area contributed by atoms with Crippen LogP contribution in [0, 0.1) is 0 Å². The van der Waals surface area contributed by atoms with Crippen molar-refractivity contribution in [3.8, 4) is 5.75 Å². The van der Waals surface area contributed by atoms with Crippen LogP contribution < -0.4 is 15.8 Å². The molecule has 1 aromatic carbocycles. The number of para-hydroxylation sites is 1. The molecule has 1 aromatic rings. The zero-order valence-corrected chi connectivity index (χ0v) is 10.6. The van der Waals surface area contributed by atoms with Gasteiger partial charge in [0.05, 0.1) is 24.1 Å². The van der Waals surface area contributed by atoms with E-state index < -0.39 is 0 Å². The maximum atomic E-state index is 9.45. The molecule has 0 fully saturated rings. The molecule has 17 heavy (non-hydrogen) atoms. The summed E-state index contributed by atoms with van der Waals surface area (Å²) in [6.45, 7) is 5.20. The largest absolute Gasteiger partial charge is 0.492 e. The number of nitrogen functional groups attached to an aromatic ring is 1. The zero-order chi connectivity index (χ0) is 12.7. The molecular weight excluding hydrogens is 216 g/mol. The summed E-state index contributed by atoms with van der Waals surface area (Å²) in [6.07, 6.45) is 1.24. The predicted octanol–water partition coefficient (Wildman–Crippen LogP) is 2.24. The zero-order valence-electron chi connectivity index (χ0n) is 10.6. The monoisotopic (exact) mass is 238 g/mol. The first kappa shape index (κ1) is 13.6. The van der Waals surface area contributed by atoms with Crippen LogP contribution in [0.3, 0.4) is 0 Å². The number of benzene rings is 1. The van der Waals surface area contributed by atoms with Crippen molar-refractivity contribution < 1.29 is 9.84 Å². The van der Waals surface area contributed by atoms with Crippen LogP contribution >= 0.6 is 0 Å². The summed E-state index contributed by atoms with van der Waals surface area (Å²) >= 11 is 0. The summed E-state index contributed by atoms with van der Waals surface area (Å²) in [7, 11) is 0. The third kappa shape index (κ3) is 4.15. The van der Waals surface area contributed by atoms with E-state index in [1.54, 1.807) is 0 Å². The van der Waals surface area contributed by atoms with Gasteiger partial charge >= 0.3 is 0 Å². The Morgan fingerprint density at radius 3 is 2.82 bits per heavy atom. The Kier molecular flexibility index (Phi) is 5.63. The van der Waals surface area contributed by atoms with Gasteiger partial charge in [0, 0.05) is 6.54 Å². The van der Waals surface area contributed by atoms with Crippen molar-refractivity contribution in [2.24, 2.45) is 0 Å². The first-order valence-corrected chi connectivity index (χ1v) is 6.12. The van der Waals surface area contributed by atoms with Crippen molar-refractivity contribution in [1.82, 2.24) is 0 Å². The summed E-state index contributed by atoms with van der Waals surface area (Å²) in [6, 6.07) is 5.67. The Labute approximate surface area is 103 Å². The standard InChI is InChI=1S/C13H22N2O2/c1-3-10(16)8-9-15-11-6-5-7-12(13(11)14)17-4-2/h5-7,10,15-16H,3-4,8-9,14H2,1-2H3. The first-order valence-electron chi connectivity index (χ1n) is 6.12. The molecule has 0 saturated carbocycles. The van der Waals surface area contributed by atoms with Crippen LogP contribution in [0.4, 0.5) is 11.4 Å². The summed E-state index contributed by atoms with van der Waals surface area (Å²) in [4.78, 5) is 0. The number of ether oxygens (including phenoxy) is 1. The fourth-order valence-corrected chi connectivity index (χ4v) is 1.56. The van der Waals surface area contributed by atoms with Crippen molar-refractivity contribution in [1.29, 1.82) is 0 Å². The van der Waals surface area contributed by atoms with Gasteiger partial charge in [-0.25, -0.2) is 0 Å². The molecule has 0 heterocycles. The van der Waals surface area contributed by atoms with Gasteiger partial charge in [-0.05, 0) is 31.9 Å². The van der Waals surface area contributed by atoms with Gasteiger partial charge < -0.3 is 20.9 Å². The second-order valence-corrected chi connectivity index (χ2v) is 3.93. The summed E-state index contributed by atoms with van der Waals surface area (Å²) < 4.78 is 5.41. The van der Waals surface area contributed by atoms with Gasteiger partial charge in [-0.3, -0.25) is 0 Å². The topological polar surface area (TPSA) is 67.5 Å². The quantitative estimate of drug-likeness (QED) is 0.637. The molecule has 0 saturated heterocycles. The molecule has 1 unspecified atom stereocenters. The molecule has 0 radical (unpaired) electrons. The number of nitrogens with one attached hydrogen (secondary N) is 1. The van der Waals surface area contributed by atoms with Crippen LogP contribution in [0.1, 0.15) is 26.7 Å². The lowest BCUT2D eigenvalue weighted by molar-refractivity contribution is 0.164. The van der Waals surface area contributed by atoms with E-state index in [9.17, 15) is 5.11 Å². The van der Waals surface area contributed by atoms with E-state index in [-0.39, 0.29) is 6.10 Å². The van der Waals surface area contributed by atoms with Crippen molar-refractivity contribution in [2.75, 3.05) is 24.2 Å². The fraction of sp³-hybridized carbons (Fsp3) is 0.538. The van der Waals surface area contributed by atoms with Gasteiger partial charge in [0.15, 0.2) is 0 Å². The molecule has 1 atom stereocenters. The van der Waals surface area contributed by atoms with Crippen molar-refractivity contribution in [3.63, 3.8) is 0 Å². The van der Waals surface area contributed by atoms with E-state index in [1.165, 1.54) is 0 Å². The molecule has 0 amide bonds. The number of aliphatic hydroxyl groups excluding tert-OH is 1.